The third-order valence-corrected chi connectivity index (χ3v) is 13.8. The van der Waals surface area contributed by atoms with Gasteiger partial charge in [-0.3, -0.25) is 24.6 Å². The molecule has 4 aliphatic rings. The van der Waals surface area contributed by atoms with Crippen LogP contribution in [0, 0.1) is 37.3 Å². The molecule has 15 nitrogen and oxygen atoms in total. The summed E-state index contributed by atoms with van der Waals surface area (Å²) in [7, 11) is 1.34. The molecule has 7 N–H and O–H groups in total. The number of carbonyl (C=O) groups excluding carboxylic acids is 4. The Labute approximate surface area is 421 Å². The van der Waals surface area contributed by atoms with Crippen LogP contribution in [-0.4, -0.2) is 105 Å². The number of H-pyrrole nitrogens is 2. The van der Waals surface area contributed by atoms with E-state index in [9.17, 15) is 37.9 Å². The highest BCUT2D eigenvalue weighted by Gasteiger charge is 2.32. The summed E-state index contributed by atoms with van der Waals surface area (Å²) in [4.78, 5) is 62.5. The number of aromatic nitrogens is 4. The van der Waals surface area contributed by atoms with E-state index in [4.69, 9.17) is 5.73 Å². The fourth-order valence-electron chi connectivity index (χ4n) is 10.0. The summed E-state index contributed by atoms with van der Waals surface area (Å²) < 4.78 is 31.2. The third-order valence-electron chi connectivity index (χ3n) is 13.8. The number of hydrogen-bond acceptors (Lipinski definition) is 10. The minimum Gasteiger partial charge on any atom is -0.480 e. The van der Waals surface area contributed by atoms with E-state index in [0.717, 1.165) is 97.8 Å². The quantitative estimate of drug-likeness (QED) is 0.0788. The van der Waals surface area contributed by atoms with Gasteiger partial charge in [0.2, 0.25) is 0 Å². The summed E-state index contributed by atoms with van der Waals surface area (Å²) in [5.74, 6) is -1.57. The molecule has 4 aromatic carbocycles. The fourth-order valence-corrected chi connectivity index (χ4v) is 10.0. The van der Waals surface area contributed by atoms with Crippen LogP contribution in [-0.2, 0) is 49.6 Å². The van der Waals surface area contributed by atoms with E-state index in [-0.39, 0.29) is 54.4 Å². The zero-order valence-corrected chi connectivity index (χ0v) is 41.2. The van der Waals surface area contributed by atoms with E-state index in [1.165, 1.54) is 31.4 Å². The Morgan fingerprint density at radius 1 is 0.764 bits per heavy atom. The van der Waals surface area contributed by atoms with Gasteiger partial charge in [0.1, 0.15) is 23.7 Å². The van der Waals surface area contributed by atoms with Gasteiger partial charge in [-0.2, -0.15) is 10.2 Å². The van der Waals surface area contributed by atoms with Crippen LogP contribution in [0.1, 0.15) is 70.2 Å². The number of methoxy groups -OCH3 is 1. The number of amides is 2. The molecule has 0 spiro atoms. The van der Waals surface area contributed by atoms with Gasteiger partial charge in [0, 0.05) is 43.1 Å². The number of aryl methyl sites for hydroxylation is 2. The second kappa shape index (κ2) is 23.4. The zero-order valence-electron chi connectivity index (χ0n) is 40.4. The maximum Gasteiger partial charge on any atom is 0.326 e. The van der Waals surface area contributed by atoms with Crippen LogP contribution in [0.2, 0.25) is 0 Å². The fraction of sp³-hybridized carbons (Fsp3) is 0.352. The van der Waals surface area contributed by atoms with Gasteiger partial charge in [0.05, 0.1) is 30.5 Å². The number of aromatic amines is 2. The Morgan fingerprint density at radius 2 is 1.25 bits per heavy atom. The van der Waals surface area contributed by atoms with Gasteiger partial charge < -0.3 is 31.1 Å². The van der Waals surface area contributed by atoms with Crippen molar-refractivity contribution < 1.29 is 42.6 Å². The maximum absolute atomic E-state index is 13.5. The van der Waals surface area contributed by atoms with E-state index in [2.05, 4.69) is 35.8 Å². The van der Waals surface area contributed by atoms with Crippen molar-refractivity contribution in [3.05, 3.63) is 140 Å². The molecule has 2 atom stereocenters. The molecule has 0 radical (unpaired) electrons. The van der Waals surface area contributed by atoms with Crippen LogP contribution in [0.5, 0.6) is 0 Å². The predicted molar refractivity (Wildman–Crippen MR) is 272 cm³/mol. The number of carboxylic acids is 1. The van der Waals surface area contributed by atoms with Crippen molar-refractivity contribution in [2.24, 2.45) is 17.6 Å². The Hall–Kier alpha value is -7.08. The van der Waals surface area contributed by atoms with E-state index in [1.807, 2.05) is 50.3 Å². The van der Waals surface area contributed by atoms with Gasteiger partial charge in [-0.05, 0) is 175 Å². The van der Waals surface area contributed by atoms with Crippen molar-refractivity contribution in [3.8, 4) is 0 Å². The van der Waals surface area contributed by atoms with Crippen molar-refractivity contribution in [1.29, 1.82) is 0 Å². The Bertz CT molecular complexity index is 3060. The number of piperidine rings is 2. The molecule has 378 valence electrons. The Balaban J connectivity index is 0.000000176. The largest absolute Gasteiger partial charge is 0.480 e. The van der Waals surface area contributed by atoms with E-state index in [0.29, 0.717) is 50.3 Å². The van der Waals surface area contributed by atoms with Gasteiger partial charge in [-0.25, -0.2) is 18.4 Å². The second-order valence-corrected chi connectivity index (χ2v) is 18.7. The van der Waals surface area contributed by atoms with Crippen LogP contribution in [0.3, 0.4) is 0 Å². The standard InChI is InChI=1S/C27H27FN4O4.C15H16FNO.C12H15N3O2.ClH/c1-15-8-16(9-20-14-29-31-25(15)20)10-23(26(34)35)30-27(36)32-6-4-17(5-7-32)22-12-18-2-3-21(28)11-19(18)13-24(22)33;16-13-2-1-11-8-14(10-3-5-17-6-4-10)15(18)9-12(11)7-13;1-7-3-8(5-10(13)12(16)17-2)4-9-6-14-15-11(7)9;/h2-3,8-9,11-12,14,17,23H,4-7,10,13H2,1H3,(H,29,31)(H,30,36)(H,34,35);1-2,7-8,10,17H,3-6,9H2;3-4,6,10H,5,13H2,1-2H3,(H,14,15);1H/t23-;;10-;/m1.1./s1. The number of esters is 1. The van der Waals surface area contributed by atoms with E-state index >= 15 is 0 Å². The van der Waals surface area contributed by atoms with Crippen LogP contribution < -0.4 is 16.4 Å². The van der Waals surface area contributed by atoms with E-state index in [1.54, 1.807) is 29.4 Å². The lowest BCUT2D eigenvalue weighted by Gasteiger charge is -2.34. The highest BCUT2D eigenvalue weighted by Crippen LogP contribution is 2.33. The number of carboxylic acid groups (broad SMARTS) is 1. The number of hydrogen-bond donors (Lipinski definition) is 6. The number of halogens is 3. The highest BCUT2D eigenvalue weighted by molar-refractivity contribution is 6.05. The first kappa shape index (κ1) is 52.7. The summed E-state index contributed by atoms with van der Waals surface area (Å²) in [5, 5.41) is 31.5. The first-order chi connectivity index (χ1) is 34.1. The molecule has 2 saturated heterocycles. The molecule has 2 amide bonds. The molecule has 2 fully saturated rings. The summed E-state index contributed by atoms with van der Waals surface area (Å²) in [6, 6.07) is 14.8. The number of urea groups is 1. The lowest BCUT2D eigenvalue weighted by Crippen LogP contribution is -2.51. The Morgan fingerprint density at radius 3 is 1.74 bits per heavy atom. The monoisotopic (exact) mass is 1000 g/mol. The number of ketones is 2. The SMILES string of the molecule is COC(=O)[C@H](N)Cc1cc(C)c2[nH]ncc2c1.Cc1cc(C[C@@H](NC(=O)N2CCC(C3=Cc4ccc(F)cc4CC3=O)CC2)C(=O)O)cc2cn[nH]c12.Cl.O=C1Cc2cc(F)ccc2C=C1C1CCNCC1. The van der Waals surface area contributed by atoms with Crippen LogP contribution >= 0.6 is 12.4 Å². The highest BCUT2D eigenvalue weighted by atomic mass is 35.5. The van der Waals surface area contributed by atoms with Gasteiger partial charge in [0.25, 0.3) is 0 Å². The number of rotatable bonds is 9. The van der Waals surface area contributed by atoms with Crippen molar-refractivity contribution in [2.45, 2.75) is 77.3 Å². The molecule has 4 heterocycles. The molecule has 0 saturated carbocycles. The molecule has 6 aromatic rings. The van der Waals surface area contributed by atoms with Crippen molar-refractivity contribution in [1.82, 2.24) is 35.9 Å². The number of likely N-dealkylation sites (tertiary alicyclic amines) is 1. The van der Waals surface area contributed by atoms with E-state index < -0.39 is 30.1 Å². The van der Waals surface area contributed by atoms with Gasteiger partial charge in [0.15, 0.2) is 11.6 Å². The number of benzene rings is 4. The maximum atomic E-state index is 13.5. The number of nitrogens with zero attached hydrogens (tertiary/aromatic N) is 3. The average molecular weight is 1010 g/mol. The molecule has 72 heavy (non-hydrogen) atoms. The summed E-state index contributed by atoms with van der Waals surface area (Å²) in [6.45, 7) is 6.71. The Kier molecular flexibility index (Phi) is 17.2. The molecule has 0 unspecified atom stereocenters. The van der Waals surface area contributed by atoms with Crippen molar-refractivity contribution in [3.63, 3.8) is 0 Å². The van der Waals surface area contributed by atoms with Gasteiger partial charge in [-0.1, -0.05) is 24.3 Å². The predicted octanol–water partition coefficient (Wildman–Crippen LogP) is 7.31. The van der Waals surface area contributed by atoms with Gasteiger partial charge >= 0.3 is 18.0 Å². The zero-order chi connectivity index (χ0) is 50.3. The molecular weight excluding hydrogens is 946 g/mol. The minimum atomic E-state index is -1.10. The summed E-state index contributed by atoms with van der Waals surface area (Å²) in [6.07, 6.45) is 11.7. The molecule has 0 bridgehead atoms. The number of nitrogens with one attached hydrogen (secondary N) is 4. The van der Waals surface area contributed by atoms with Crippen LogP contribution in [0.4, 0.5) is 13.6 Å². The van der Waals surface area contributed by atoms with Gasteiger partial charge in [-0.15, -0.1) is 12.4 Å². The van der Waals surface area contributed by atoms with Crippen LogP contribution in [0.15, 0.2) is 84.2 Å². The molecule has 2 aliphatic heterocycles. The minimum absolute atomic E-state index is 0. The number of ether oxygens (including phenoxy) is 1. The number of aliphatic carboxylic acids is 1. The number of Topliss-reactive ketones (excluding diaryl/α,β-unsaturated/α-hetero) is 2. The van der Waals surface area contributed by atoms with Crippen molar-refractivity contribution in [2.75, 3.05) is 33.3 Å². The molecular formula is C54H59ClF2N8O7. The number of nitrogens with two attached hydrogens (primary N) is 1. The average Bonchev–Trinajstić information content (AvgIpc) is 4.05. The normalized spacial score (nSPS) is 16.6. The third kappa shape index (κ3) is 12.5. The lowest BCUT2D eigenvalue weighted by atomic mass is 9.80. The molecule has 2 aliphatic carbocycles. The molecule has 10 rings (SSSR count). The van der Waals surface area contributed by atoms with Crippen molar-refractivity contribution >= 4 is 75.9 Å². The first-order valence-corrected chi connectivity index (χ1v) is 23.9. The smallest absolute Gasteiger partial charge is 0.326 e. The summed E-state index contributed by atoms with van der Waals surface area (Å²) >= 11 is 0. The second-order valence-electron chi connectivity index (χ2n) is 18.7. The lowest BCUT2D eigenvalue weighted by molar-refractivity contribution is -0.142. The summed E-state index contributed by atoms with van der Waals surface area (Å²) in [5.41, 5.74) is 16.5. The number of fused-ring (bicyclic) bond motifs is 4. The number of allylic oxidation sites excluding steroid dienone is 2. The topological polar surface area (TPSA) is 225 Å². The first-order valence-electron chi connectivity index (χ1n) is 23.9. The molecule has 18 heteroatoms. The number of carbonyl (C=O) groups is 5. The van der Waals surface area contributed by atoms with Crippen LogP contribution in [0.25, 0.3) is 34.0 Å². The molecule has 2 aromatic heterocycles.